The molecular formula is C17H15ClN4S. The Labute approximate surface area is 144 Å². The Bertz CT molecular complexity index is 850. The Morgan fingerprint density at radius 1 is 1.13 bits per heavy atom. The summed E-state index contributed by atoms with van der Waals surface area (Å²) in [5.41, 5.74) is 5.33. The minimum Gasteiger partial charge on any atom is -0.318 e. The van der Waals surface area contributed by atoms with Crippen molar-refractivity contribution in [2.45, 2.75) is 0 Å². The van der Waals surface area contributed by atoms with Crippen LogP contribution >= 0.6 is 23.8 Å². The van der Waals surface area contributed by atoms with Crippen molar-refractivity contribution in [1.82, 2.24) is 14.9 Å². The van der Waals surface area contributed by atoms with Crippen LogP contribution in [0.3, 0.4) is 0 Å². The second-order valence-electron chi connectivity index (χ2n) is 4.87. The molecule has 0 unspecified atom stereocenters. The zero-order valence-corrected chi connectivity index (χ0v) is 13.8. The number of aromatic amines is 1. The summed E-state index contributed by atoms with van der Waals surface area (Å²) >= 11 is 11.1. The van der Waals surface area contributed by atoms with Crippen LogP contribution in [0, 0.1) is 4.77 Å². The molecule has 0 amide bonds. The van der Waals surface area contributed by atoms with Gasteiger partial charge in [-0.3, -0.25) is 0 Å². The van der Waals surface area contributed by atoms with Gasteiger partial charge in [0.05, 0.1) is 0 Å². The van der Waals surface area contributed by atoms with Crippen LogP contribution in [-0.4, -0.2) is 21.4 Å². The molecule has 0 spiro atoms. The van der Waals surface area contributed by atoms with E-state index in [1.165, 1.54) is 0 Å². The second kappa shape index (κ2) is 7.26. The summed E-state index contributed by atoms with van der Waals surface area (Å²) in [4.78, 5) is 0. The largest absolute Gasteiger partial charge is 0.318 e. The molecule has 0 aliphatic rings. The molecule has 3 rings (SSSR count). The second-order valence-corrected chi connectivity index (χ2v) is 5.69. The Kier molecular flexibility index (Phi) is 4.90. The average Bonchev–Trinajstić information content (AvgIpc) is 2.95. The quantitative estimate of drug-likeness (QED) is 0.670. The first kappa shape index (κ1) is 15.5. The number of hydrogen-bond acceptors (Lipinski definition) is 3. The number of aromatic nitrogens is 3. The summed E-state index contributed by atoms with van der Waals surface area (Å²) in [5, 5.41) is 7.83. The predicted octanol–water partition coefficient (Wildman–Crippen LogP) is 4.52. The molecular weight excluding hydrogens is 328 g/mol. The summed E-state index contributed by atoms with van der Waals surface area (Å²) in [6, 6.07) is 17.6. The minimum absolute atomic E-state index is 0.531. The number of benzene rings is 2. The average molecular weight is 343 g/mol. The zero-order chi connectivity index (χ0) is 16.1. The van der Waals surface area contributed by atoms with E-state index in [-0.39, 0.29) is 0 Å². The van der Waals surface area contributed by atoms with Crippen LogP contribution in [0.1, 0.15) is 5.56 Å². The van der Waals surface area contributed by atoms with Gasteiger partial charge in [0, 0.05) is 17.1 Å². The molecule has 1 aromatic heterocycles. The van der Waals surface area contributed by atoms with E-state index in [2.05, 4.69) is 15.6 Å². The van der Waals surface area contributed by atoms with E-state index in [4.69, 9.17) is 23.8 Å². The SMILES string of the molecule is S=c1[nH]nc(-c2ccccc2)n1NC/C=C/c1ccc(Cl)cc1. The molecule has 2 N–H and O–H groups in total. The van der Waals surface area contributed by atoms with Gasteiger partial charge in [0.25, 0.3) is 0 Å². The maximum Gasteiger partial charge on any atom is 0.214 e. The lowest BCUT2D eigenvalue weighted by atomic mass is 10.2. The molecule has 0 saturated heterocycles. The van der Waals surface area contributed by atoms with Crippen LogP contribution in [0.2, 0.25) is 5.02 Å². The molecule has 0 fully saturated rings. The molecule has 0 radical (unpaired) electrons. The van der Waals surface area contributed by atoms with E-state index < -0.39 is 0 Å². The van der Waals surface area contributed by atoms with Gasteiger partial charge in [-0.2, -0.15) is 5.10 Å². The fraction of sp³-hybridized carbons (Fsp3) is 0.0588. The normalized spacial score (nSPS) is 11.0. The number of H-pyrrole nitrogens is 1. The third-order valence-electron chi connectivity index (χ3n) is 3.25. The lowest BCUT2D eigenvalue weighted by molar-refractivity contribution is 0.879. The van der Waals surface area contributed by atoms with E-state index in [0.717, 1.165) is 22.0 Å². The van der Waals surface area contributed by atoms with Crippen molar-refractivity contribution < 1.29 is 0 Å². The molecule has 0 bridgehead atoms. The molecule has 0 aliphatic heterocycles. The van der Waals surface area contributed by atoms with Gasteiger partial charge in [0.1, 0.15) is 0 Å². The summed E-state index contributed by atoms with van der Waals surface area (Å²) in [6.45, 7) is 0.621. The first-order chi connectivity index (χ1) is 11.2. The predicted molar refractivity (Wildman–Crippen MR) is 97.6 cm³/mol. The van der Waals surface area contributed by atoms with Crippen molar-refractivity contribution in [2.24, 2.45) is 0 Å². The fourth-order valence-corrected chi connectivity index (χ4v) is 2.46. The van der Waals surface area contributed by atoms with E-state index >= 15 is 0 Å². The molecule has 3 aromatic rings. The van der Waals surface area contributed by atoms with Gasteiger partial charge >= 0.3 is 0 Å². The van der Waals surface area contributed by atoms with Gasteiger partial charge in [0.2, 0.25) is 4.77 Å². The first-order valence-corrected chi connectivity index (χ1v) is 7.91. The Hall–Kier alpha value is -2.37. The number of hydrogen-bond donors (Lipinski definition) is 2. The van der Waals surface area contributed by atoms with Crippen LogP contribution in [-0.2, 0) is 0 Å². The van der Waals surface area contributed by atoms with Gasteiger partial charge in [-0.05, 0) is 29.9 Å². The highest BCUT2D eigenvalue weighted by molar-refractivity contribution is 7.71. The summed E-state index contributed by atoms with van der Waals surface area (Å²) in [7, 11) is 0. The van der Waals surface area contributed by atoms with E-state index in [0.29, 0.717) is 11.3 Å². The van der Waals surface area contributed by atoms with Crippen molar-refractivity contribution in [3.63, 3.8) is 0 Å². The standard InChI is InChI=1S/C17H15ClN4S/c18-15-10-8-13(9-11-15)5-4-12-19-22-16(20-21-17(22)23)14-6-2-1-3-7-14/h1-11,19H,12H2,(H,21,23)/b5-4+. The Morgan fingerprint density at radius 2 is 1.87 bits per heavy atom. The fourth-order valence-electron chi connectivity index (χ4n) is 2.14. The third-order valence-corrected chi connectivity index (χ3v) is 3.78. The van der Waals surface area contributed by atoms with Crippen LogP contribution in [0.15, 0.2) is 60.7 Å². The van der Waals surface area contributed by atoms with Crippen molar-refractivity contribution >= 4 is 29.9 Å². The van der Waals surface area contributed by atoms with Crippen molar-refractivity contribution in [2.75, 3.05) is 12.0 Å². The van der Waals surface area contributed by atoms with E-state index in [9.17, 15) is 0 Å². The van der Waals surface area contributed by atoms with Gasteiger partial charge in [-0.1, -0.05) is 66.2 Å². The lowest BCUT2D eigenvalue weighted by Crippen LogP contribution is -2.16. The topological polar surface area (TPSA) is 45.6 Å². The molecule has 0 atom stereocenters. The molecule has 4 nitrogen and oxygen atoms in total. The Morgan fingerprint density at radius 3 is 2.61 bits per heavy atom. The highest BCUT2D eigenvalue weighted by atomic mass is 35.5. The summed E-state index contributed by atoms with van der Waals surface area (Å²) in [5.74, 6) is 0.760. The molecule has 116 valence electrons. The molecule has 23 heavy (non-hydrogen) atoms. The minimum atomic E-state index is 0.531. The number of halogens is 1. The number of rotatable bonds is 5. The highest BCUT2D eigenvalue weighted by Crippen LogP contribution is 2.15. The number of nitrogens with zero attached hydrogens (tertiary/aromatic N) is 2. The third kappa shape index (κ3) is 3.88. The lowest BCUT2D eigenvalue weighted by Gasteiger charge is -2.07. The number of nitrogens with one attached hydrogen (secondary N) is 2. The summed E-state index contributed by atoms with van der Waals surface area (Å²) < 4.78 is 2.31. The van der Waals surface area contributed by atoms with E-state index in [1.54, 1.807) is 4.68 Å². The molecule has 2 aromatic carbocycles. The van der Waals surface area contributed by atoms with Crippen LogP contribution < -0.4 is 5.43 Å². The summed E-state index contributed by atoms with van der Waals surface area (Å²) in [6.07, 6.45) is 4.04. The highest BCUT2D eigenvalue weighted by Gasteiger charge is 2.06. The van der Waals surface area contributed by atoms with Crippen molar-refractivity contribution in [3.05, 3.63) is 76.0 Å². The Balaban J connectivity index is 1.70. The monoisotopic (exact) mass is 342 g/mol. The van der Waals surface area contributed by atoms with Crippen LogP contribution in [0.25, 0.3) is 17.5 Å². The van der Waals surface area contributed by atoms with Crippen LogP contribution in [0.4, 0.5) is 0 Å². The van der Waals surface area contributed by atoms with Gasteiger partial charge in [0.15, 0.2) is 5.82 Å². The maximum absolute atomic E-state index is 5.87. The molecule has 0 aliphatic carbocycles. The van der Waals surface area contributed by atoms with Crippen LogP contribution in [0.5, 0.6) is 0 Å². The van der Waals surface area contributed by atoms with Gasteiger partial charge in [-0.25, -0.2) is 9.77 Å². The molecule has 6 heteroatoms. The molecule has 1 heterocycles. The van der Waals surface area contributed by atoms with Crippen molar-refractivity contribution in [3.8, 4) is 11.4 Å². The van der Waals surface area contributed by atoms with E-state index in [1.807, 2.05) is 66.7 Å². The zero-order valence-electron chi connectivity index (χ0n) is 12.2. The van der Waals surface area contributed by atoms with Crippen molar-refractivity contribution in [1.29, 1.82) is 0 Å². The maximum atomic E-state index is 5.87. The smallest absolute Gasteiger partial charge is 0.214 e. The van der Waals surface area contributed by atoms with Gasteiger partial charge < -0.3 is 5.43 Å². The molecule has 0 saturated carbocycles. The van der Waals surface area contributed by atoms with Gasteiger partial charge in [-0.15, -0.1) is 0 Å². The first-order valence-electron chi connectivity index (χ1n) is 7.13.